The van der Waals surface area contributed by atoms with Crippen LogP contribution in [0.1, 0.15) is 35.6 Å². The van der Waals surface area contributed by atoms with Crippen LogP contribution in [0.15, 0.2) is 36.5 Å². The Morgan fingerprint density at radius 2 is 2.19 bits per heavy atom. The minimum absolute atomic E-state index is 0.0340. The molecule has 1 aromatic heterocycles. The van der Waals surface area contributed by atoms with Gasteiger partial charge in [-0.05, 0) is 42.5 Å². The van der Waals surface area contributed by atoms with Crippen molar-refractivity contribution in [3.63, 3.8) is 0 Å². The molecule has 1 N–H and O–H groups in total. The van der Waals surface area contributed by atoms with Gasteiger partial charge in [0.15, 0.2) is 0 Å². The highest BCUT2D eigenvalue weighted by Crippen LogP contribution is 2.34. The van der Waals surface area contributed by atoms with E-state index < -0.39 is 11.9 Å². The highest BCUT2D eigenvalue weighted by molar-refractivity contribution is 6.30. The molecule has 1 aromatic carbocycles. The molecule has 0 fully saturated rings. The van der Waals surface area contributed by atoms with Gasteiger partial charge in [-0.15, -0.1) is 0 Å². The van der Waals surface area contributed by atoms with Gasteiger partial charge in [0.2, 0.25) is 0 Å². The third-order valence-corrected chi connectivity index (χ3v) is 4.46. The maximum atomic E-state index is 14.0. The third kappa shape index (κ3) is 2.94. The summed E-state index contributed by atoms with van der Waals surface area (Å²) in [5.74, 6) is -0.469. The number of rotatable bonds is 3. The Morgan fingerprint density at radius 1 is 1.33 bits per heavy atom. The van der Waals surface area contributed by atoms with E-state index in [9.17, 15) is 9.50 Å². The van der Waals surface area contributed by atoms with Crippen molar-refractivity contribution in [3.8, 4) is 0 Å². The van der Waals surface area contributed by atoms with Crippen LogP contribution in [0.3, 0.4) is 0 Å². The predicted molar refractivity (Wildman–Crippen MR) is 81.0 cm³/mol. The Balaban J connectivity index is 1.83. The van der Waals surface area contributed by atoms with Crippen LogP contribution in [0.25, 0.3) is 0 Å². The van der Waals surface area contributed by atoms with Gasteiger partial charge in [-0.3, -0.25) is 4.98 Å². The van der Waals surface area contributed by atoms with Gasteiger partial charge >= 0.3 is 0 Å². The molecule has 0 bridgehead atoms. The van der Waals surface area contributed by atoms with E-state index in [0.717, 1.165) is 25.0 Å². The molecule has 0 aliphatic heterocycles. The van der Waals surface area contributed by atoms with Crippen LogP contribution in [-0.2, 0) is 12.8 Å². The molecule has 2 unspecified atom stereocenters. The fraction of sp³-hybridized carbons (Fsp3) is 0.353. The Bertz CT molecular complexity index is 646. The van der Waals surface area contributed by atoms with Crippen LogP contribution < -0.4 is 0 Å². The van der Waals surface area contributed by atoms with Gasteiger partial charge in [0.1, 0.15) is 5.82 Å². The number of hydrogen-bond donors (Lipinski definition) is 1. The van der Waals surface area contributed by atoms with E-state index in [1.165, 1.54) is 11.6 Å². The molecule has 0 amide bonds. The maximum Gasteiger partial charge on any atom is 0.145 e. The Kier molecular flexibility index (Phi) is 4.22. The summed E-state index contributed by atoms with van der Waals surface area (Å²) in [5.41, 5.74) is 2.61. The summed E-state index contributed by atoms with van der Waals surface area (Å²) in [7, 11) is 0. The number of aliphatic hydroxyl groups excluding tert-OH is 1. The van der Waals surface area contributed by atoms with Crippen molar-refractivity contribution in [3.05, 3.63) is 64.2 Å². The van der Waals surface area contributed by atoms with Crippen molar-refractivity contribution in [2.24, 2.45) is 0 Å². The summed E-state index contributed by atoms with van der Waals surface area (Å²) >= 11 is 5.80. The summed E-state index contributed by atoms with van der Waals surface area (Å²) in [4.78, 5) is 4.42. The first-order valence-electron chi connectivity index (χ1n) is 7.21. The van der Waals surface area contributed by atoms with Gasteiger partial charge in [-0.2, -0.15) is 0 Å². The summed E-state index contributed by atoms with van der Waals surface area (Å²) in [6.45, 7) is 0. The molecule has 1 heterocycles. The first kappa shape index (κ1) is 14.5. The molecule has 2 atom stereocenters. The van der Waals surface area contributed by atoms with Crippen molar-refractivity contribution in [2.45, 2.75) is 37.7 Å². The zero-order valence-electron chi connectivity index (χ0n) is 11.6. The van der Waals surface area contributed by atoms with Crippen molar-refractivity contribution in [2.75, 3.05) is 0 Å². The van der Waals surface area contributed by atoms with Gasteiger partial charge in [0.05, 0.1) is 11.1 Å². The van der Waals surface area contributed by atoms with Gasteiger partial charge in [-0.25, -0.2) is 4.39 Å². The first-order valence-corrected chi connectivity index (χ1v) is 7.59. The van der Waals surface area contributed by atoms with Crippen LogP contribution in [0.5, 0.6) is 0 Å². The monoisotopic (exact) mass is 305 g/mol. The van der Waals surface area contributed by atoms with E-state index in [4.69, 9.17) is 11.6 Å². The summed E-state index contributed by atoms with van der Waals surface area (Å²) in [5, 5.41) is 10.6. The van der Waals surface area contributed by atoms with Gasteiger partial charge < -0.3 is 5.11 Å². The lowest BCUT2D eigenvalue weighted by Gasteiger charge is -2.28. The van der Waals surface area contributed by atoms with Gasteiger partial charge in [0.25, 0.3) is 0 Å². The predicted octanol–water partition coefficient (Wildman–Crippen LogP) is 3.90. The van der Waals surface area contributed by atoms with Crippen LogP contribution >= 0.6 is 11.6 Å². The SMILES string of the molecule is OC(Cc1cccc(Cl)c1F)C1CCCc2cccnc21. The van der Waals surface area contributed by atoms with E-state index in [-0.39, 0.29) is 17.4 Å². The Morgan fingerprint density at radius 3 is 3.05 bits per heavy atom. The van der Waals surface area contributed by atoms with Crippen LogP contribution in [0, 0.1) is 5.82 Å². The second-order valence-corrected chi connectivity index (χ2v) is 5.94. The van der Waals surface area contributed by atoms with E-state index in [2.05, 4.69) is 11.1 Å². The minimum Gasteiger partial charge on any atom is -0.392 e. The third-order valence-electron chi connectivity index (χ3n) is 4.16. The fourth-order valence-electron chi connectivity index (χ4n) is 3.09. The molecule has 1 aliphatic rings. The molecule has 110 valence electrons. The van der Waals surface area contributed by atoms with E-state index >= 15 is 0 Å². The molecule has 0 saturated heterocycles. The molecular weight excluding hydrogens is 289 g/mol. The standard InChI is InChI=1S/C17H17ClFNO/c18-14-8-2-5-12(16(14)19)10-15(21)13-7-1-4-11-6-3-9-20-17(11)13/h2-3,5-6,8-9,13,15,21H,1,4,7,10H2. The molecule has 2 nitrogen and oxygen atoms in total. The molecule has 0 saturated carbocycles. The molecular formula is C17H17ClFNO. The summed E-state index contributed by atoms with van der Waals surface area (Å²) in [6.07, 6.45) is 4.27. The number of aryl methyl sites for hydroxylation is 1. The number of pyridine rings is 1. The van der Waals surface area contributed by atoms with Gasteiger partial charge in [0, 0.05) is 24.2 Å². The number of aromatic nitrogens is 1. The van der Waals surface area contributed by atoms with Crippen molar-refractivity contribution >= 4 is 11.6 Å². The quantitative estimate of drug-likeness (QED) is 0.933. The second kappa shape index (κ2) is 6.12. The van der Waals surface area contributed by atoms with E-state index in [1.807, 2.05) is 6.07 Å². The normalized spacial score (nSPS) is 19.1. The lowest BCUT2D eigenvalue weighted by molar-refractivity contribution is 0.131. The molecule has 0 spiro atoms. The van der Waals surface area contributed by atoms with Crippen molar-refractivity contribution in [1.82, 2.24) is 4.98 Å². The smallest absolute Gasteiger partial charge is 0.145 e. The van der Waals surface area contributed by atoms with Crippen LogP contribution in [0.4, 0.5) is 4.39 Å². The average Bonchev–Trinajstić information content (AvgIpc) is 2.51. The Hall–Kier alpha value is -1.45. The van der Waals surface area contributed by atoms with E-state index in [0.29, 0.717) is 5.56 Å². The highest BCUT2D eigenvalue weighted by Gasteiger charge is 2.28. The number of hydrogen-bond acceptors (Lipinski definition) is 2. The maximum absolute atomic E-state index is 14.0. The summed E-state index contributed by atoms with van der Waals surface area (Å²) < 4.78 is 14.0. The number of fused-ring (bicyclic) bond motifs is 1. The number of halogens is 2. The van der Waals surface area contributed by atoms with Crippen LogP contribution in [0.2, 0.25) is 5.02 Å². The van der Waals surface area contributed by atoms with Gasteiger partial charge in [-0.1, -0.05) is 29.8 Å². The Labute approximate surface area is 128 Å². The highest BCUT2D eigenvalue weighted by atomic mass is 35.5. The zero-order chi connectivity index (χ0) is 14.8. The summed E-state index contributed by atoms with van der Waals surface area (Å²) in [6, 6.07) is 8.88. The van der Waals surface area contributed by atoms with Crippen molar-refractivity contribution in [1.29, 1.82) is 0 Å². The van der Waals surface area contributed by atoms with Crippen LogP contribution in [-0.4, -0.2) is 16.2 Å². The number of aliphatic hydroxyl groups is 1. The zero-order valence-corrected chi connectivity index (χ0v) is 12.4. The number of nitrogens with zero attached hydrogens (tertiary/aromatic N) is 1. The topological polar surface area (TPSA) is 33.1 Å². The average molecular weight is 306 g/mol. The molecule has 2 aromatic rings. The largest absolute Gasteiger partial charge is 0.392 e. The first-order chi connectivity index (χ1) is 10.2. The second-order valence-electron chi connectivity index (χ2n) is 5.53. The molecule has 3 rings (SSSR count). The molecule has 21 heavy (non-hydrogen) atoms. The van der Waals surface area contributed by atoms with E-state index in [1.54, 1.807) is 18.3 Å². The van der Waals surface area contributed by atoms with Crippen molar-refractivity contribution < 1.29 is 9.50 Å². The minimum atomic E-state index is -0.646. The lowest BCUT2D eigenvalue weighted by Crippen LogP contribution is -2.26. The lowest BCUT2D eigenvalue weighted by atomic mass is 9.81. The molecule has 0 radical (unpaired) electrons. The number of benzene rings is 1. The molecule has 4 heteroatoms. The molecule has 1 aliphatic carbocycles. The fourth-order valence-corrected chi connectivity index (χ4v) is 3.29.